The van der Waals surface area contributed by atoms with Crippen LogP contribution in [0, 0.1) is 0 Å². The highest BCUT2D eigenvalue weighted by Crippen LogP contribution is 2.49. The third-order valence-electron chi connectivity index (χ3n) is 1.33. The molecule has 0 aromatic rings. The Labute approximate surface area is 87.7 Å². The maximum absolute atomic E-state index is 11.9. The van der Waals surface area contributed by atoms with Gasteiger partial charge in [0.2, 0.25) is 0 Å². The largest absolute Gasteiger partial charge is 0.420 e. The van der Waals surface area contributed by atoms with Crippen molar-refractivity contribution in [2.75, 3.05) is 0 Å². The van der Waals surface area contributed by atoms with Crippen molar-refractivity contribution in [3.63, 3.8) is 0 Å². The Morgan fingerprint density at radius 1 is 0.625 bits per heavy atom. The summed E-state index contributed by atoms with van der Waals surface area (Å²) in [6.45, 7) is 0. The fourth-order valence-electron chi connectivity index (χ4n) is 0.559. The van der Waals surface area contributed by atoms with Crippen LogP contribution in [0.25, 0.3) is 0 Å². The molecule has 0 aliphatic rings. The first-order valence-electron chi connectivity index (χ1n) is 3.30. The van der Waals surface area contributed by atoms with E-state index in [1.165, 1.54) is 0 Å². The van der Waals surface area contributed by atoms with Crippen molar-refractivity contribution in [3.05, 3.63) is 12.2 Å². The SMILES string of the molecule is FC(F)(F)/C=C/C(Cl)(C(F)(F)F)C(F)(F)F. The molecule has 16 heavy (non-hydrogen) atoms. The standard InChI is InChI=1S/C6H2ClF9/c7-3(5(11,12)13,6(14,15)16)1-2-4(8,9)10/h1-2H/b2-1+. The lowest BCUT2D eigenvalue weighted by atomic mass is 10.1. The molecule has 0 saturated heterocycles. The number of alkyl halides is 10. The third-order valence-corrected chi connectivity index (χ3v) is 1.88. The van der Waals surface area contributed by atoms with Gasteiger partial charge in [0.25, 0.3) is 4.87 Å². The molecule has 0 amide bonds. The zero-order chi connectivity index (χ0) is 13.4. The van der Waals surface area contributed by atoms with Crippen LogP contribution in [0.3, 0.4) is 0 Å². The molecule has 0 rings (SSSR count). The van der Waals surface area contributed by atoms with Gasteiger partial charge in [0, 0.05) is 6.08 Å². The minimum Gasteiger partial charge on any atom is -0.168 e. The van der Waals surface area contributed by atoms with Gasteiger partial charge in [-0.3, -0.25) is 0 Å². The molecule has 0 aliphatic carbocycles. The summed E-state index contributed by atoms with van der Waals surface area (Å²) in [5, 5.41) is 0. The van der Waals surface area contributed by atoms with E-state index in [-0.39, 0.29) is 0 Å². The van der Waals surface area contributed by atoms with Gasteiger partial charge in [-0.25, -0.2) is 0 Å². The van der Waals surface area contributed by atoms with Crippen molar-refractivity contribution in [2.24, 2.45) is 0 Å². The van der Waals surface area contributed by atoms with Crippen LogP contribution in [0.15, 0.2) is 12.2 Å². The lowest BCUT2D eigenvalue weighted by molar-refractivity contribution is -0.253. The molecule has 0 nitrogen and oxygen atoms in total. The zero-order valence-corrected chi connectivity index (χ0v) is 7.69. The summed E-state index contributed by atoms with van der Waals surface area (Å²) in [5.41, 5.74) is 0. The van der Waals surface area contributed by atoms with Crippen LogP contribution in [0.1, 0.15) is 0 Å². The minimum absolute atomic E-state index is 1.17. The van der Waals surface area contributed by atoms with Gasteiger partial charge in [-0.1, -0.05) is 11.6 Å². The Morgan fingerprint density at radius 2 is 0.938 bits per heavy atom. The summed E-state index contributed by atoms with van der Waals surface area (Å²) in [5.74, 6) is 0. The Morgan fingerprint density at radius 3 is 1.12 bits per heavy atom. The van der Waals surface area contributed by atoms with E-state index in [9.17, 15) is 39.5 Å². The quantitative estimate of drug-likeness (QED) is 0.383. The summed E-state index contributed by atoms with van der Waals surface area (Å²) < 4.78 is 106. The van der Waals surface area contributed by atoms with Crippen LogP contribution < -0.4 is 0 Å². The third kappa shape index (κ3) is 3.46. The van der Waals surface area contributed by atoms with Crippen LogP contribution in [0.4, 0.5) is 39.5 Å². The van der Waals surface area contributed by atoms with Crippen LogP contribution in [-0.2, 0) is 0 Å². The summed E-state index contributed by atoms with van der Waals surface area (Å²) in [6.07, 6.45) is -19.9. The number of hydrogen-bond acceptors (Lipinski definition) is 0. The molecule has 96 valence electrons. The van der Waals surface area contributed by atoms with Gasteiger partial charge >= 0.3 is 18.5 Å². The highest BCUT2D eigenvalue weighted by atomic mass is 35.5. The number of hydrogen-bond donors (Lipinski definition) is 0. The second-order valence-corrected chi connectivity index (χ2v) is 3.18. The van der Waals surface area contributed by atoms with Gasteiger partial charge < -0.3 is 0 Å². The molecule has 0 aromatic carbocycles. The molecule has 0 atom stereocenters. The molecular formula is C6H2ClF9. The first-order chi connectivity index (χ1) is 6.71. The lowest BCUT2D eigenvalue weighted by Gasteiger charge is -2.28. The number of halogens is 10. The maximum Gasteiger partial charge on any atom is 0.420 e. The van der Waals surface area contributed by atoms with Gasteiger partial charge in [0.15, 0.2) is 0 Å². The fraction of sp³-hybridized carbons (Fsp3) is 0.667. The molecule has 0 radical (unpaired) electrons. The van der Waals surface area contributed by atoms with Crippen molar-refractivity contribution < 1.29 is 39.5 Å². The molecule has 0 aliphatic heterocycles. The predicted octanol–water partition coefficient (Wildman–Crippen LogP) is 4.21. The van der Waals surface area contributed by atoms with E-state index < -0.39 is 35.6 Å². The number of allylic oxidation sites excluding steroid dienone is 2. The first kappa shape index (κ1) is 15.4. The molecule has 0 saturated carbocycles. The van der Waals surface area contributed by atoms with Crippen molar-refractivity contribution in [2.45, 2.75) is 23.4 Å². The van der Waals surface area contributed by atoms with Crippen LogP contribution >= 0.6 is 11.6 Å². The lowest BCUT2D eigenvalue weighted by Crippen LogP contribution is -2.50. The van der Waals surface area contributed by atoms with E-state index >= 15 is 0 Å². The maximum atomic E-state index is 11.9. The summed E-state index contributed by atoms with van der Waals surface area (Å²) in [7, 11) is 0. The molecule has 10 heteroatoms. The molecule has 0 unspecified atom stereocenters. The van der Waals surface area contributed by atoms with Crippen molar-refractivity contribution in [1.29, 1.82) is 0 Å². The van der Waals surface area contributed by atoms with E-state index in [1.54, 1.807) is 0 Å². The summed E-state index contributed by atoms with van der Waals surface area (Å²) in [6, 6.07) is 0. The molecule has 0 fully saturated rings. The Balaban J connectivity index is 5.39. The first-order valence-corrected chi connectivity index (χ1v) is 3.68. The van der Waals surface area contributed by atoms with E-state index in [1.807, 2.05) is 0 Å². The highest BCUT2D eigenvalue weighted by Gasteiger charge is 2.69. The summed E-state index contributed by atoms with van der Waals surface area (Å²) in [4.78, 5) is -5.05. The fourth-order valence-corrected chi connectivity index (χ4v) is 0.622. The van der Waals surface area contributed by atoms with Crippen molar-refractivity contribution >= 4 is 11.6 Å². The van der Waals surface area contributed by atoms with Gasteiger partial charge in [-0.2, -0.15) is 39.5 Å². The Kier molecular flexibility index (Phi) is 3.86. The number of rotatable bonds is 1. The topological polar surface area (TPSA) is 0 Å². The molecule has 0 spiro atoms. The molecule has 0 aromatic heterocycles. The van der Waals surface area contributed by atoms with Gasteiger partial charge in [-0.05, 0) is 6.08 Å². The van der Waals surface area contributed by atoms with E-state index in [0.717, 1.165) is 0 Å². The van der Waals surface area contributed by atoms with Crippen molar-refractivity contribution in [1.82, 2.24) is 0 Å². The smallest absolute Gasteiger partial charge is 0.168 e. The predicted molar refractivity (Wildman–Crippen MR) is 35.9 cm³/mol. The Bertz CT molecular complexity index is 253. The second kappa shape index (κ2) is 4.01. The molecule has 0 N–H and O–H groups in total. The average molecular weight is 281 g/mol. The molecule has 0 heterocycles. The van der Waals surface area contributed by atoms with E-state index in [0.29, 0.717) is 0 Å². The van der Waals surface area contributed by atoms with Gasteiger partial charge in [-0.15, -0.1) is 0 Å². The molecular weight excluding hydrogens is 279 g/mol. The highest BCUT2D eigenvalue weighted by molar-refractivity contribution is 6.26. The Hall–Kier alpha value is -0.600. The second-order valence-electron chi connectivity index (χ2n) is 2.58. The van der Waals surface area contributed by atoms with Gasteiger partial charge in [0.05, 0.1) is 0 Å². The zero-order valence-electron chi connectivity index (χ0n) is 6.93. The normalized spacial score (nSPS) is 15.9. The minimum atomic E-state index is -6.09. The molecule has 0 bridgehead atoms. The van der Waals surface area contributed by atoms with Gasteiger partial charge in [0.1, 0.15) is 0 Å². The van der Waals surface area contributed by atoms with Crippen LogP contribution in [0.5, 0.6) is 0 Å². The monoisotopic (exact) mass is 280 g/mol. The van der Waals surface area contributed by atoms with Crippen LogP contribution in [-0.4, -0.2) is 23.4 Å². The average Bonchev–Trinajstić information content (AvgIpc) is 1.93. The van der Waals surface area contributed by atoms with Crippen LogP contribution in [0.2, 0.25) is 0 Å². The van der Waals surface area contributed by atoms with Crippen molar-refractivity contribution in [3.8, 4) is 0 Å². The van der Waals surface area contributed by atoms with E-state index in [4.69, 9.17) is 0 Å². The van der Waals surface area contributed by atoms with E-state index in [2.05, 4.69) is 11.6 Å². The summed E-state index contributed by atoms with van der Waals surface area (Å²) >= 11 is 4.16.